The standard InChI is InChI=1S/C16H25N3O8Si/c1-11-9-19(16(22)17-15(11)21)14-8-12(13(10-20)26-14)27-28-23-5-2-18(3-6-24-28)4-7-25-28/h9,12-14,20H,2-8,10H2,1H3,(H,17,21,22). The molecule has 12 heteroatoms. The molecule has 0 amide bonds. The van der Waals surface area contributed by atoms with E-state index in [2.05, 4.69) is 9.88 Å². The lowest BCUT2D eigenvalue weighted by atomic mass is 10.2. The highest BCUT2D eigenvalue weighted by atomic mass is 28.4. The Hall–Kier alpha value is -1.38. The van der Waals surface area contributed by atoms with E-state index < -0.39 is 38.7 Å². The number of H-pyrrole nitrogens is 1. The molecule has 2 N–H and O–H groups in total. The van der Waals surface area contributed by atoms with E-state index in [0.29, 0.717) is 25.4 Å². The van der Waals surface area contributed by atoms with Crippen LogP contribution in [0.1, 0.15) is 18.2 Å². The molecule has 0 aromatic carbocycles. The maximum atomic E-state index is 12.2. The Morgan fingerprint density at radius 3 is 2.46 bits per heavy atom. The molecule has 2 bridgehead atoms. The van der Waals surface area contributed by atoms with Crippen LogP contribution in [0, 0.1) is 6.92 Å². The number of rotatable bonds is 4. The second-order valence-corrected chi connectivity index (χ2v) is 9.17. The van der Waals surface area contributed by atoms with Crippen LogP contribution >= 0.6 is 0 Å². The van der Waals surface area contributed by atoms with Gasteiger partial charge in [-0.3, -0.25) is 19.2 Å². The smallest absolute Gasteiger partial charge is 0.394 e. The summed E-state index contributed by atoms with van der Waals surface area (Å²) in [5.74, 6) is 0. The Morgan fingerprint density at radius 2 is 1.86 bits per heavy atom. The summed E-state index contributed by atoms with van der Waals surface area (Å²) in [6.07, 6.45) is -0.200. The van der Waals surface area contributed by atoms with Gasteiger partial charge in [0.15, 0.2) is 0 Å². The van der Waals surface area contributed by atoms with Gasteiger partial charge in [-0.05, 0) is 6.92 Å². The number of aromatic nitrogens is 2. The molecule has 11 nitrogen and oxygen atoms in total. The van der Waals surface area contributed by atoms with Crippen LogP contribution in [0.4, 0.5) is 0 Å². The van der Waals surface area contributed by atoms with Crippen molar-refractivity contribution in [2.45, 2.75) is 31.8 Å². The van der Waals surface area contributed by atoms with Crippen molar-refractivity contribution < 1.29 is 27.5 Å². The molecule has 4 aliphatic rings. The van der Waals surface area contributed by atoms with Crippen molar-refractivity contribution in [1.29, 1.82) is 0 Å². The van der Waals surface area contributed by atoms with Gasteiger partial charge in [0.2, 0.25) is 0 Å². The van der Waals surface area contributed by atoms with Gasteiger partial charge in [0, 0.05) is 37.8 Å². The first-order valence-corrected chi connectivity index (χ1v) is 11.0. The average Bonchev–Trinajstić information content (AvgIpc) is 3.01. The van der Waals surface area contributed by atoms with E-state index in [-0.39, 0.29) is 13.0 Å². The summed E-state index contributed by atoms with van der Waals surface area (Å²) in [4.78, 5) is 28.3. The largest absolute Gasteiger partial charge is 0.680 e. The predicted molar refractivity (Wildman–Crippen MR) is 96.6 cm³/mol. The summed E-state index contributed by atoms with van der Waals surface area (Å²) in [7, 11) is -3.38. The third kappa shape index (κ3) is 4.00. The first-order valence-electron chi connectivity index (χ1n) is 9.40. The summed E-state index contributed by atoms with van der Waals surface area (Å²) in [5, 5.41) is 9.76. The molecule has 0 saturated carbocycles. The minimum Gasteiger partial charge on any atom is -0.394 e. The fraction of sp³-hybridized carbons (Fsp3) is 0.750. The van der Waals surface area contributed by atoms with Crippen LogP contribution in [0.25, 0.3) is 0 Å². The molecule has 1 aromatic rings. The molecule has 1 aromatic heterocycles. The van der Waals surface area contributed by atoms with Crippen LogP contribution < -0.4 is 11.2 Å². The quantitative estimate of drug-likeness (QED) is 0.555. The molecule has 3 atom stereocenters. The Bertz CT molecular complexity index is 787. The molecule has 0 radical (unpaired) electrons. The van der Waals surface area contributed by atoms with E-state index in [9.17, 15) is 14.7 Å². The number of ether oxygens (including phenoxy) is 1. The first kappa shape index (κ1) is 19.9. The van der Waals surface area contributed by atoms with E-state index in [1.807, 2.05) is 0 Å². The van der Waals surface area contributed by atoms with E-state index in [1.54, 1.807) is 6.92 Å². The number of aryl methyl sites for hydroxylation is 1. The third-order valence-corrected chi connectivity index (χ3v) is 7.44. The number of aliphatic hydroxyl groups is 1. The normalized spacial score (nSPS) is 36.1. The van der Waals surface area contributed by atoms with E-state index in [4.69, 9.17) is 22.4 Å². The summed E-state index contributed by atoms with van der Waals surface area (Å²) >= 11 is 0. The molecule has 5 rings (SSSR count). The van der Waals surface area contributed by atoms with Crippen molar-refractivity contribution in [2.24, 2.45) is 0 Å². The molecular weight excluding hydrogens is 390 g/mol. The first-order chi connectivity index (χ1) is 13.5. The zero-order chi connectivity index (χ0) is 19.7. The van der Waals surface area contributed by atoms with Gasteiger partial charge in [-0.2, -0.15) is 0 Å². The van der Waals surface area contributed by atoms with Gasteiger partial charge < -0.3 is 27.5 Å². The molecule has 4 aliphatic heterocycles. The number of aromatic amines is 1. The Labute approximate surface area is 162 Å². The molecule has 4 saturated heterocycles. The second-order valence-electron chi connectivity index (χ2n) is 7.07. The number of fused-ring (bicyclic) bond motifs is 6. The monoisotopic (exact) mass is 415 g/mol. The van der Waals surface area contributed by atoms with Crippen molar-refractivity contribution in [3.8, 4) is 0 Å². The van der Waals surface area contributed by atoms with Gasteiger partial charge in [0.1, 0.15) is 12.3 Å². The highest BCUT2D eigenvalue weighted by molar-refractivity contribution is 6.53. The molecular formula is C16H25N3O8Si. The zero-order valence-electron chi connectivity index (χ0n) is 15.7. The number of aliphatic hydroxyl groups excluding tert-OH is 1. The lowest BCUT2D eigenvalue weighted by Crippen LogP contribution is -2.59. The molecule has 4 fully saturated rings. The van der Waals surface area contributed by atoms with E-state index in [0.717, 1.165) is 19.6 Å². The highest BCUT2D eigenvalue weighted by Gasteiger charge is 2.53. The topological polar surface area (TPSA) is 124 Å². The number of nitrogens with one attached hydrogen (secondary N) is 1. The van der Waals surface area contributed by atoms with Crippen LogP contribution in [0.3, 0.4) is 0 Å². The summed E-state index contributed by atoms with van der Waals surface area (Å²) in [6, 6.07) is 0. The Morgan fingerprint density at radius 1 is 1.21 bits per heavy atom. The van der Waals surface area contributed by atoms with E-state index >= 15 is 0 Å². The Balaban J connectivity index is 1.53. The third-order valence-electron chi connectivity index (χ3n) is 5.17. The van der Waals surface area contributed by atoms with Crippen molar-refractivity contribution >= 4 is 9.05 Å². The molecule has 5 heterocycles. The van der Waals surface area contributed by atoms with Crippen molar-refractivity contribution in [2.75, 3.05) is 46.1 Å². The average molecular weight is 415 g/mol. The minimum atomic E-state index is -3.38. The maximum absolute atomic E-state index is 12.2. The summed E-state index contributed by atoms with van der Waals surface area (Å²) in [6.45, 7) is 4.96. The molecule has 0 spiro atoms. The van der Waals surface area contributed by atoms with Gasteiger partial charge in [-0.15, -0.1) is 0 Å². The van der Waals surface area contributed by atoms with Crippen LogP contribution in [0.5, 0.6) is 0 Å². The second kappa shape index (κ2) is 8.16. The zero-order valence-corrected chi connectivity index (χ0v) is 16.7. The number of nitrogens with zero attached hydrogens (tertiary/aromatic N) is 2. The van der Waals surface area contributed by atoms with Crippen molar-refractivity contribution in [3.63, 3.8) is 0 Å². The van der Waals surface area contributed by atoms with Crippen LogP contribution in [-0.2, 0) is 22.4 Å². The van der Waals surface area contributed by atoms with E-state index in [1.165, 1.54) is 10.8 Å². The summed E-state index contributed by atoms with van der Waals surface area (Å²) < 4.78 is 30.9. The summed E-state index contributed by atoms with van der Waals surface area (Å²) in [5.41, 5.74) is -0.625. The predicted octanol–water partition coefficient (Wildman–Crippen LogP) is -1.68. The number of hydrogen-bond donors (Lipinski definition) is 2. The highest BCUT2D eigenvalue weighted by Crippen LogP contribution is 2.33. The van der Waals surface area contributed by atoms with Crippen LogP contribution in [0.2, 0.25) is 0 Å². The van der Waals surface area contributed by atoms with Crippen molar-refractivity contribution in [1.82, 2.24) is 14.5 Å². The van der Waals surface area contributed by atoms with Crippen molar-refractivity contribution in [3.05, 3.63) is 32.6 Å². The van der Waals surface area contributed by atoms with Gasteiger partial charge in [-0.1, -0.05) is 0 Å². The SMILES string of the molecule is Cc1cn(C2CC(O[Si]34OCCN(CCO3)CCO4)C(CO)O2)c(=O)[nH]c1=O. The Kier molecular flexibility index (Phi) is 5.80. The molecule has 0 aliphatic carbocycles. The van der Waals surface area contributed by atoms with Gasteiger partial charge in [0.25, 0.3) is 5.56 Å². The van der Waals surface area contributed by atoms with Gasteiger partial charge >= 0.3 is 14.7 Å². The van der Waals surface area contributed by atoms with Crippen LogP contribution in [-0.4, -0.2) is 86.9 Å². The van der Waals surface area contributed by atoms with Gasteiger partial charge in [0.05, 0.1) is 32.5 Å². The number of hydrogen-bond acceptors (Lipinski definition) is 9. The maximum Gasteiger partial charge on any atom is 0.680 e. The molecule has 156 valence electrons. The lowest BCUT2D eigenvalue weighted by molar-refractivity contribution is -0.106. The lowest BCUT2D eigenvalue weighted by Gasteiger charge is -2.38. The van der Waals surface area contributed by atoms with Crippen LogP contribution in [0.15, 0.2) is 15.8 Å². The van der Waals surface area contributed by atoms with Gasteiger partial charge in [-0.25, -0.2) is 4.79 Å². The fourth-order valence-electron chi connectivity index (χ4n) is 3.61. The molecule has 3 unspecified atom stereocenters. The minimum absolute atomic E-state index is 0.285. The molecule has 28 heavy (non-hydrogen) atoms. The fourth-order valence-corrected chi connectivity index (χ4v) is 5.70.